The Morgan fingerprint density at radius 2 is 1.93 bits per heavy atom. The molecular weight excluding hydrogens is 340 g/mol. The van der Waals surface area contributed by atoms with Crippen molar-refractivity contribution < 1.29 is 14.3 Å². The van der Waals surface area contributed by atoms with Crippen molar-refractivity contribution in [3.8, 4) is 0 Å². The molecule has 2 aliphatic heterocycles. The third-order valence-electron chi connectivity index (χ3n) is 7.82. The number of ether oxygens (including phenoxy) is 1. The van der Waals surface area contributed by atoms with Crippen molar-refractivity contribution in [2.75, 3.05) is 19.7 Å². The van der Waals surface area contributed by atoms with Crippen LogP contribution >= 0.6 is 0 Å². The molecule has 0 radical (unpaired) electrons. The minimum atomic E-state index is -0.339. The lowest BCUT2D eigenvalue weighted by Gasteiger charge is -2.44. The van der Waals surface area contributed by atoms with Crippen molar-refractivity contribution in [2.45, 2.75) is 55.4 Å². The summed E-state index contributed by atoms with van der Waals surface area (Å²) in [6, 6.07) is 9.37. The van der Waals surface area contributed by atoms with E-state index in [0.717, 1.165) is 38.3 Å². The molecule has 2 amide bonds. The van der Waals surface area contributed by atoms with E-state index in [0.29, 0.717) is 17.9 Å². The molecule has 2 heterocycles. The summed E-state index contributed by atoms with van der Waals surface area (Å²) in [6.07, 6.45) is 6.13. The van der Waals surface area contributed by atoms with Gasteiger partial charge < -0.3 is 15.0 Å². The molecule has 0 bridgehead atoms. The number of rotatable bonds is 3. The van der Waals surface area contributed by atoms with Crippen LogP contribution < -0.4 is 5.32 Å². The third kappa shape index (κ3) is 2.43. The summed E-state index contributed by atoms with van der Waals surface area (Å²) in [5.74, 6) is 1.76. The van der Waals surface area contributed by atoms with Crippen LogP contribution in [-0.4, -0.2) is 42.1 Å². The quantitative estimate of drug-likeness (QED) is 0.895. The zero-order valence-electron chi connectivity index (χ0n) is 15.6. The maximum atomic E-state index is 12.9. The smallest absolute Gasteiger partial charge is 0.407 e. The van der Waals surface area contributed by atoms with Gasteiger partial charge >= 0.3 is 6.09 Å². The van der Waals surface area contributed by atoms with Gasteiger partial charge in [-0.15, -0.1) is 0 Å². The molecule has 1 aromatic carbocycles. The summed E-state index contributed by atoms with van der Waals surface area (Å²) in [4.78, 5) is 26.3. The average Bonchev–Trinajstić information content (AvgIpc) is 3.56. The zero-order valence-corrected chi connectivity index (χ0v) is 15.6. The molecule has 6 rings (SSSR count). The molecule has 2 saturated heterocycles. The van der Waals surface area contributed by atoms with Gasteiger partial charge in [-0.2, -0.15) is 0 Å². The fourth-order valence-corrected chi connectivity index (χ4v) is 5.85. The molecular formula is C22H26N2O3. The predicted molar refractivity (Wildman–Crippen MR) is 99.3 cm³/mol. The number of likely N-dealkylation sites (tertiary alicyclic amines) is 1. The number of piperidine rings is 1. The molecule has 3 saturated carbocycles. The standard InChI is InChI=1S/C22H26N2O3/c25-19(16-9-21(10-16)13-27-20(26)23-21)24-8-7-22(11-18(22)12-24)17-5-3-15(4-6-17)14-1-2-14/h3-6,14,16,18H,1-2,7-13H2,(H,23,26)/t16-,18?,21+,22?. The first kappa shape index (κ1) is 16.0. The van der Waals surface area contributed by atoms with Gasteiger partial charge in [0.05, 0.1) is 5.54 Å². The summed E-state index contributed by atoms with van der Waals surface area (Å²) in [6.45, 7) is 2.18. The number of nitrogens with one attached hydrogen (secondary N) is 1. The lowest BCUT2D eigenvalue weighted by atomic mass is 9.68. The largest absolute Gasteiger partial charge is 0.447 e. The van der Waals surface area contributed by atoms with Gasteiger partial charge in [0.1, 0.15) is 6.61 Å². The second-order valence-electron chi connectivity index (χ2n) is 9.57. The monoisotopic (exact) mass is 366 g/mol. The third-order valence-corrected chi connectivity index (χ3v) is 7.82. The van der Waals surface area contributed by atoms with Gasteiger partial charge in [-0.25, -0.2) is 4.79 Å². The van der Waals surface area contributed by atoms with E-state index in [9.17, 15) is 9.59 Å². The topological polar surface area (TPSA) is 58.6 Å². The lowest BCUT2D eigenvalue weighted by molar-refractivity contribution is -0.142. The number of carbonyl (C=O) groups excluding carboxylic acids is 2. The van der Waals surface area contributed by atoms with Gasteiger partial charge in [0.15, 0.2) is 0 Å². The first-order chi connectivity index (χ1) is 13.1. The Hall–Kier alpha value is -2.04. The summed E-state index contributed by atoms with van der Waals surface area (Å²) in [7, 11) is 0. The molecule has 5 fully saturated rings. The SMILES string of the molecule is O=C1N[C@]2(CO1)C[C@H](C(=O)N1CCC3(c4ccc(C5CC5)cc4)CC3C1)C2. The van der Waals surface area contributed by atoms with E-state index < -0.39 is 0 Å². The van der Waals surface area contributed by atoms with Crippen LogP contribution in [0, 0.1) is 11.8 Å². The van der Waals surface area contributed by atoms with Gasteiger partial charge in [0.25, 0.3) is 0 Å². The summed E-state index contributed by atoms with van der Waals surface area (Å²) in [5.41, 5.74) is 3.05. The van der Waals surface area contributed by atoms with Crippen molar-refractivity contribution in [3.05, 3.63) is 35.4 Å². The molecule has 2 unspecified atom stereocenters. The van der Waals surface area contributed by atoms with Crippen molar-refractivity contribution in [2.24, 2.45) is 11.8 Å². The van der Waals surface area contributed by atoms with Crippen LogP contribution in [0.25, 0.3) is 0 Å². The van der Waals surface area contributed by atoms with Gasteiger partial charge in [-0.05, 0) is 61.5 Å². The molecule has 1 N–H and O–H groups in total. The van der Waals surface area contributed by atoms with Crippen LogP contribution in [-0.2, 0) is 14.9 Å². The van der Waals surface area contributed by atoms with E-state index in [-0.39, 0.29) is 23.5 Å². The molecule has 1 aromatic rings. The second kappa shape index (κ2) is 5.27. The fourth-order valence-electron chi connectivity index (χ4n) is 5.85. The number of cyclic esters (lactones) is 1. The van der Waals surface area contributed by atoms with Crippen LogP contribution in [0.15, 0.2) is 24.3 Å². The Labute approximate surface area is 159 Å². The normalized spacial score (nSPS) is 39.4. The number of hydrogen-bond acceptors (Lipinski definition) is 3. The summed E-state index contributed by atoms with van der Waals surface area (Å²) in [5, 5.41) is 2.88. The minimum Gasteiger partial charge on any atom is -0.447 e. The van der Waals surface area contributed by atoms with E-state index in [2.05, 4.69) is 34.5 Å². The molecule has 0 aromatic heterocycles. The second-order valence-corrected chi connectivity index (χ2v) is 9.57. The van der Waals surface area contributed by atoms with Crippen LogP contribution in [0.3, 0.4) is 0 Å². The number of amides is 2. The molecule has 5 aliphatic rings. The maximum Gasteiger partial charge on any atom is 0.407 e. The number of alkyl carbamates (subject to hydrolysis) is 1. The molecule has 3 aliphatic carbocycles. The highest BCUT2D eigenvalue weighted by atomic mass is 16.6. The average molecular weight is 366 g/mol. The Morgan fingerprint density at radius 1 is 1.15 bits per heavy atom. The molecule has 2 atom stereocenters. The first-order valence-corrected chi connectivity index (χ1v) is 10.4. The number of hydrogen-bond donors (Lipinski definition) is 1. The van der Waals surface area contributed by atoms with Crippen LogP contribution in [0.1, 0.15) is 55.6 Å². The number of fused-ring (bicyclic) bond motifs is 1. The Morgan fingerprint density at radius 3 is 2.56 bits per heavy atom. The Balaban J connectivity index is 1.08. The van der Waals surface area contributed by atoms with Gasteiger partial charge in [-0.1, -0.05) is 24.3 Å². The summed E-state index contributed by atoms with van der Waals surface area (Å²) >= 11 is 0. The van der Waals surface area contributed by atoms with Crippen LogP contribution in [0.4, 0.5) is 4.79 Å². The minimum absolute atomic E-state index is 0.0519. The van der Waals surface area contributed by atoms with E-state index >= 15 is 0 Å². The van der Waals surface area contributed by atoms with E-state index in [1.165, 1.54) is 30.4 Å². The summed E-state index contributed by atoms with van der Waals surface area (Å²) < 4.78 is 5.02. The molecule has 5 nitrogen and oxygen atoms in total. The number of nitrogens with zero attached hydrogens (tertiary/aromatic N) is 1. The molecule has 5 heteroatoms. The van der Waals surface area contributed by atoms with Crippen molar-refractivity contribution in [1.29, 1.82) is 0 Å². The number of carbonyl (C=O) groups is 2. The van der Waals surface area contributed by atoms with Crippen molar-refractivity contribution in [1.82, 2.24) is 10.2 Å². The number of benzene rings is 1. The van der Waals surface area contributed by atoms with Crippen molar-refractivity contribution in [3.63, 3.8) is 0 Å². The lowest BCUT2D eigenvalue weighted by Crippen LogP contribution is -2.58. The van der Waals surface area contributed by atoms with E-state index in [1.54, 1.807) is 0 Å². The highest BCUT2D eigenvalue weighted by Crippen LogP contribution is 2.59. The van der Waals surface area contributed by atoms with Gasteiger partial charge in [-0.3, -0.25) is 4.79 Å². The van der Waals surface area contributed by atoms with E-state index in [1.807, 2.05) is 0 Å². The first-order valence-electron chi connectivity index (χ1n) is 10.4. The Kier molecular flexibility index (Phi) is 3.12. The predicted octanol–water partition coefficient (Wildman–Crippen LogP) is 2.94. The van der Waals surface area contributed by atoms with Gasteiger partial charge in [0, 0.05) is 24.4 Å². The fraction of sp³-hybridized carbons (Fsp3) is 0.636. The van der Waals surface area contributed by atoms with Crippen LogP contribution in [0.2, 0.25) is 0 Å². The van der Waals surface area contributed by atoms with Gasteiger partial charge in [0.2, 0.25) is 5.91 Å². The van der Waals surface area contributed by atoms with Crippen molar-refractivity contribution >= 4 is 12.0 Å². The molecule has 142 valence electrons. The highest BCUT2D eigenvalue weighted by Gasteiger charge is 2.59. The molecule has 1 spiro atoms. The maximum absolute atomic E-state index is 12.9. The highest BCUT2D eigenvalue weighted by molar-refractivity contribution is 5.82. The van der Waals surface area contributed by atoms with Crippen LogP contribution in [0.5, 0.6) is 0 Å². The zero-order chi connectivity index (χ0) is 18.2. The molecule has 27 heavy (non-hydrogen) atoms. The Bertz CT molecular complexity index is 809. The van der Waals surface area contributed by atoms with E-state index in [4.69, 9.17) is 4.74 Å².